The first kappa shape index (κ1) is 10.7. The highest BCUT2D eigenvalue weighted by Crippen LogP contribution is 2.28. The summed E-state index contributed by atoms with van der Waals surface area (Å²) in [4.78, 5) is 4.18. The van der Waals surface area contributed by atoms with Gasteiger partial charge in [0.25, 0.3) is 0 Å². The lowest BCUT2D eigenvalue weighted by atomic mass is 10.3. The third kappa shape index (κ3) is 2.61. The third-order valence-electron chi connectivity index (χ3n) is 2.10. The molecule has 0 unspecified atom stereocenters. The van der Waals surface area contributed by atoms with Gasteiger partial charge in [0.15, 0.2) is 4.47 Å². The Morgan fingerprint density at radius 3 is 3.13 bits per heavy atom. The van der Waals surface area contributed by atoms with Crippen LogP contribution in [0.3, 0.4) is 0 Å². The second-order valence-corrected chi connectivity index (χ2v) is 4.91. The van der Waals surface area contributed by atoms with Gasteiger partial charge in [-0.3, -0.25) is 0 Å². The lowest BCUT2D eigenvalue weighted by Crippen LogP contribution is -1.95. The molecule has 0 amide bonds. The molecular formula is C11H12ClNOS. The molecule has 15 heavy (non-hydrogen) atoms. The van der Waals surface area contributed by atoms with E-state index in [2.05, 4.69) is 11.9 Å². The number of ether oxygens (including phenoxy) is 1. The van der Waals surface area contributed by atoms with Crippen LogP contribution in [0.25, 0.3) is 10.2 Å². The van der Waals surface area contributed by atoms with E-state index in [1.54, 1.807) is 0 Å². The molecule has 1 heterocycles. The Kier molecular flexibility index (Phi) is 3.44. The van der Waals surface area contributed by atoms with Crippen LogP contribution in [0.4, 0.5) is 0 Å². The average Bonchev–Trinajstić information content (AvgIpc) is 2.57. The van der Waals surface area contributed by atoms with Crippen LogP contribution in [0.15, 0.2) is 18.2 Å². The van der Waals surface area contributed by atoms with Gasteiger partial charge in [0.05, 0.1) is 16.8 Å². The summed E-state index contributed by atoms with van der Waals surface area (Å²) in [6, 6.07) is 5.88. The van der Waals surface area contributed by atoms with E-state index in [0.717, 1.165) is 35.4 Å². The molecule has 0 saturated carbocycles. The third-order valence-corrected chi connectivity index (χ3v) is 3.22. The van der Waals surface area contributed by atoms with Crippen molar-refractivity contribution in [1.82, 2.24) is 4.98 Å². The SMILES string of the molecule is CCCCOc1ccc2nc(Cl)sc2c1. The zero-order valence-electron chi connectivity index (χ0n) is 8.50. The van der Waals surface area contributed by atoms with E-state index in [-0.39, 0.29) is 0 Å². The molecule has 2 rings (SSSR count). The van der Waals surface area contributed by atoms with Crippen LogP contribution < -0.4 is 4.74 Å². The number of hydrogen-bond acceptors (Lipinski definition) is 3. The fourth-order valence-corrected chi connectivity index (χ4v) is 2.36. The lowest BCUT2D eigenvalue weighted by Gasteiger charge is -2.04. The Morgan fingerprint density at radius 2 is 2.33 bits per heavy atom. The number of nitrogens with zero attached hydrogens (tertiary/aromatic N) is 1. The monoisotopic (exact) mass is 241 g/mol. The average molecular weight is 242 g/mol. The molecule has 0 N–H and O–H groups in total. The Balaban J connectivity index is 2.15. The van der Waals surface area contributed by atoms with Crippen LogP contribution in [0.2, 0.25) is 4.47 Å². The highest BCUT2D eigenvalue weighted by atomic mass is 35.5. The number of halogens is 1. The van der Waals surface area contributed by atoms with Crippen LogP contribution in [0.5, 0.6) is 5.75 Å². The van der Waals surface area contributed by atoms with E-state index >= 15 is 0 Å². The molecule has 0 aliphatic heterocycles. The van der Waals surface area contributed by atoms with Gasteiger partial charge >= 0.3 is 0 Å². The molecule has 0 saturated heterocycles. The van der Waals surface area contributed by atoms with Gasteiger partial charge in [-0.05, 0) is 24.6 Å². The minimum atomic E-state index is 0.579. The van der Waals surface area contributed by atoms with Gasteiger partial charge in [0.2, 0.25) is 0 Å². The molecule has 0 atom stereocenters. The summed E-state index contributed by atoms with van der Waals surface area (Å²) in [5.74, 6) is 0.899. The van der Waals surface area contributed by atoms with Crippen molar-refractivity contribution in [2.75, 3.05) is 6.61 Å². The van der Waals surface area contributed by atoms with Crippen LogP contribution in [0, 0.1) is 0 Å². The molecule has 0 spiro atoms. The number of aromatic nitrogens is 1. The maximum absolute atomic E-state index is 5.83. The van der Waals surface area contributed by atoms with Gasteiger partial charge in [0.1, 0.15) is 5.75 Å². The topological polar surface area (TPSA) is 22.1 Å². The Morgan fingerprint density at radius 1 is 1.47 bits per heavy atom. The molecule has 0 fully saturated rings. The summed E-state index contributed by atoms with van der Waals surface area (Å²) in [5.41, 5.74) is 0.938. The Hall–Kier alpha value is -0.800. The highest BCUT2D eigenvalue weighted by molar-refractivity contribution is 7.22. The summed E-state index contributed by atoms with van der Waals surface area (Å²) < 4.78 is 7.26. The lowest BCUT2D eigenvalue weighted by molar-refractivity contribution is 0.310. The van der Waals surface area contributed by atoms with Crippen molar-refractivity contribution in [3.63, 3.8) is 0 Å². The zero-order chi connectivity index (χ0) is 10.7. The molecule has 0 aliphatic carbocycles. The van der Waals surface area contributed by atoms with Crippen LogP contribution >= 0.6 is 22.9 Å². The minimum absolute atomic E-state index is 0.579. The molecule has 0 radical (unpaired) electrons. The minimum Gasteiger partial charge on any atom is -0.494 e. The number of unbranched alkanes of at least 4 members (excludes halogenated alkanes) is 1. The molecule has 2 nitrogen and oxygen atoms in total. The molecule has 0 bridgehead atoms. The van der Waals surface area contributed by atoms with Gasteiger partial charge in [-0.1, -0.05) is 24.9 Å². The first-order chi connectivity index (χ1) is 7.29. The van der Waals surface area contributed by atoms with E-state index < -0.39 is 0 Å². The van der Waals surface area contributed by atoms with Gasteiger partial charge in [0, 0.05) is 0 Å². The molecule has 0 aliphatic rings. The van der Waals surface area contributed by atoms with E-state index in [9.17, 15) is 0 Å². The standard InChI is InChI=1S/C11H12ClNOS/c1-2-3-6-14-8-4-5-9-10(7-8)15-11(12)13-9/h4-5,7H,2-3,6H2,1H3. The van der Waals surface area contributed by atoms with E-state index in [1.165, 1.54) is 11.3 Å². The van der Waals surface area contributed by atoms with Gasteiger partial charge in [-0.15, -0.1) is 11.3 Å². The van der Waals surface area contributed by atoms with Gasteiger partial charge < -0.3 is 4.74 Å². The second-order valence-electron chi connectivity index (χ2n) is 3.30. The van der Waals surface area contributed by atoms with Crippen molar-refractivity contribution in [2.45, 2.75) is 19.8 Å². The fourth-order valence-electron chi connectivity index (χ4n) is 1.30. The predicted octanol–water partition coefficient (Wildman–Crippen LogP) is 4.13. The van der Waals surface area contributed by atoms with Crippen molar-refractivity contribution in [3.8, 4) is 5.75 Å². The van der Waals surface area contributed by atoms with Crippen LogP contribution in [-0.2, 0) is 0 Å². The smallest absolute Gasteiger partial charge is 0.184 e. The molecule has 80 valence electrons. The number of fused-ring (bicyclic) bond motifs is 1. The Labute approximate surface area is 97.8 Å². The molecule has 4 heteroatoms. The summed E-state index contributed by atoms with van der Waals surface area (Å²) in [6.07, 6.45) is 2.23. The number of rotatable bonds is 4. The quantitative estimate of drug-likeness (QED) is 0.751. The summed E-state index contributed by atoms with van der Waals surface area (Å²) in [6.45, 7) is 2.92. The first-order valence-electron chi connectivity index (χ1n) is 4.98. The predicted molar refractivity (Wildman–Crippen MR) is 65.0 cm³/mol. The summed E-state index contributed by atoms with van der Waals surface area (Å²) >= 11 is 7.31. The van der Waals surface area contributed by atoms with E-state index in [0.29, 0.717) is 4.47 Å². The van der Waals surface area contributed by atoms with E-state index in [1.807, 2.05) is 18.2 Å². The number of hydrogen-bond donors (Lipinski definition) is 0. The summed E-state index contributed by atoms with van der Waals surface area (Å²) in [7, 11) is 0. The maximum Gasteiger partial charge on any atom is 0.184 e. The molecule has 1 aromatic carbocycles. The van der Waals surface area contributed by atoms with Crippen molar-refractivity contribution in [3.05, 3.63) is 22.7 Å². The number of thiazole rings is 1. The first-order valence-corrected chi connectivity index (χ1v) is 6.18. The van der Waals surface area contributed by atoms with Crippen molar-refractivity contribution >= 4 is 33.2 Å². The maximum atomic E-state index is 5.83. The van der Waals surface area contributed by atoms with Crippen molar-refractivity contribution in [2.24, 2.45) is 0 Å². The molecular weight excluding hydrogens is 230 g/mol. The normalized spacial score (nSPS) is 10.8. The second kappa shape index (κ2) is 4.81. The van der Waals surface area contributed by atoms with Crippen LogP contribution in [-0.4, -0.2) is 11.6 Å². The largest absolute Gasteiger partial charge is 0.494 e. The zero-order valence-corrected chi connectivity index (χ0v) is 10.1. The van der Waals surface area contributed by atoms with Crippen molar-refractivity contribution in [1.29, 1.82) is 0 Å². The Bertz CT molecular complexity index is 455. The van der Waals surface area contributed by atoms with Gasteiger partial charge in [-0.25, -0.2) is 4.98 Å². The highest BCUT2D eigenvalue weighted by Gasteiger charge is 2.02. The van der Waals surface area contributed by atoms with E-state index in [4.69, 9.17) is 16.3 Å². The molecule has 1 aromatic heterocycles. The van der Waals surface area contributed by atoms with Gasteiger partial charge in [-0.2, -0.15) is 0 Å². The summed E-state index contributed by atoms with van der Waals surface area (Å²) in [5, 5.41) is 0. The van der Waals surface area contributed by atoms with Crippen molar-refractivity contribution < 1.29 is 4.74 Å². The fraction of sp³-hybridized carbons (Fsp3) is 0.364. The molecule has 2 aromatic rings. The number of benzene rings is 1. The van der Waals surface area contributed by atoms with Crippen LogP contribution in [0.1, 0.15) is 19.8 Å².